The zero-order chi connectivity index (χ0) is 14.1. The molecule has 4 N–H and O–H groups in total. The molecule has 0 bridgehead atoms. The van der Waals surface area contributed by atoms with Gasteiger partial charge in [-0.1, -0.05) is 6.07 Å². The summed E-state index contributed by atoms with van der Waals surface area (Å²) in [5.41, 5.74) is 3.67. The van der Waals surface area contributed by atoms with Crippen molar-refractivity contribution in [3.63, 3.8) is 0 Å². The van der Waals surface area contributed by atoms with Gasteiger partial charge in [-0.15, -0.1) is 0 Å². The Balaban J connectivity index is 1.90. The number of aryl methyl sites for hydroxylation is 1. The van der Waals surface area contributed by atoms with Gasteiger partial charge in [0.25, 0.3) is 0 Å². The van der Waals surface area contributed by atoms with Gasteiger partial charge in [0.1, 0.15) is 0 Å². The third-order valence-corrected chi connectivity index (χ3v) is 3.77. The van der Waals surface area contributed by atoms with Crippen molar-refractivity contribution in [2.24, 2.45) is 0 Å². The highest BCUT2D eigenvalue weighted by molar-refractivity contribution is 6.03. The van der Waals surface area contributed by atoms with Crippen LogP contribution in [0.2, 0.25) is 0 Å². The first kappa shape index (κ1) is 13.1. The predicted octanol–water partition coefficient (Wildman–Crippen LogP) is 1.45. The van der Waals surface area contributed by atoms with E-state index in [9.17, 15) is 9.90 Å². The zero-order valence-electron chi connectivity index (χ0n) is 11.1. The molecule has 1 aliphatic carbocycles. The molecule has 106 valence electrons. The normalized spacial score (nSPS) is 16.2. The van der Waals surface area contributed by atoms with E-state index in [-0.39, 0.29) is 12.4 Å². The fraction of sp³-hybridized carbons (Fsp3) is 0.400. The van der Waals surface area contributed by atoms with Crippen LogP contribution in [0.25, 0.3) is 10.9 Å². The van der Waals surface area contributed by atoms with Gasteiger partial charge in [-0.2, -0.15) is 0 Å². The summed E-state index contributed by atoms with van der Waals surface area (Å²) in [4.78, 5) is 15.1. The highest BCUT2D eigenvalue weighted by Gasteiger charge is 2.21. The van der Waals surface area contributed by atoms with Crippen molar-refractivity contribution in [1.82, 2.24) is 4.98 Å². The summed E-state index contributed by atoms with van der Waals surface area (Å²) in [6.45, 7) is 0.0297. The molecule has 20 heavy (non-hydrogen) atoms. The minimum atomic E-state index is -0.774. The second-order valence-corrected chi connectivity index (χ2v) is 5.23. The van der Waals surface area contributed by atoms with Gasteiger partial charge < -0.3 is 20.5 Å². The predicted molar refractivity (Wildman–Crippen MR) is 77.1 cm³/mol. The number of Topliss-reactive ketones (excluding diaryl/α,β-unsaturated/α-hetero) is 1. The molecule has 1 atom stereocenters. The Bertz CT molecular complexity index is 648. The average molecular weight is 274 g/mol. The second kappa shape index (κ2) is 5.26. The lowest BCUT2D eigenvalue weighted by molar-refractivity contribution is 0.0968. The van der Waals surface area contributed by atoms with Crippen molar-refractivity contribution >= 4 is 22.4 Å². The van der Waals surface area contributed by atoms with Gasteiger partial charge in [-0.3, -0.25) is 4.79 Å². The summed E-state index contributed by atoms with van der Waals surface area (Å²) in [5, 5.41) is 22.3. The van der Waals surface area contributed by atoms with E-state index in [0.717, 1.165) is 40.7 Å². The lowest BCUT2D eigenvalue weighted by Crippen LogP contribution is -2.22. The number of fused-ring (bicyclic) bond motifs is 3. The maximum Gasteiger partial charge on any atom is 0.179 e. The number of hydrogen-bond acceptors (Lipinski definition) is 4. The quantitative estimate of drug-likeness (QED) is 0.680. The van der Waals surface area contributed by atoms with E-state index in [4.69, 9.17) is 5.11 Å². The van der Waals surface area contributed by atoms with Gasteiger partial charge in [-0.05, 0) is 30.5 Å². The summed E-state index contributed by atoms with van der Waals surface area (Å²) in [7, 11) is 0. The fourth-order valence-corrected chi connectivity index (χ4v) is 2.71. The summed E-state index contributed by atoms with van der Waals surface area (Å²) in [5.74, 6) is 0.188. The minimum Gasteiger partial charge on any atom is -0.394 e. The number of aromatic nitrogens is 1. The lowest BCUT2D eigenvalue weighted by atomic mass is 9.95. The lowest BCUT2D eigenvalue weighted by Gasteiger charge is -2.10. The van der Waals surface area contributed by atoms with E-state index in [0.29, 0.717) is 13.0 Å². The molecular weight excluding hydrogens is 256 g/mol. The Morgan fingerprint density at radius 1 is 1.35 bits per heavy atom. The smallest absolute Gasteiger partial charge is 0.179 e. The number of H-pyrrole nitrogens is 1. The Morgan fingerprint density at radius 2 is 2.20 bits per heavy atom. The Kier molecular flexibility index (Phi) is 3.46. The van der Waals surface area contributed by atoms with E-state index in [2.05, 4.69) is 10.3 Å². The van der Waals surface area contributed by atoms with Crippen molar-refractivity contribution in [3.8, 4) is 0 Å². The molecule has 3 rings (SSSR count). The van der Waals surface area contributed by atoms with E-state index >= 15 is 0 Å². The van der Waals surface area contributed by atoms with Crippen molar-refractivity contribution in [2.75, 3.05) is 18.5 Å². The number of hydrogen-bond donors (Lipinski definition) is 4. The average Bonchev–Trinajstić information content (AvgIpc) is 2.84. The van der Waals surface area contributed by atoms with Gasteiger partial charge in [0.15, 0.2) is 5.78 Å². The van der Waals surface area contributed by atoms with Crippen molar-refractivity contribution < 1.29 is 15.0 Å². The molecular formula is C15H18N2O3. The zero-order valence-corrected chi connectivity index (χ0v) is 11.1. The standard InChI is InChI=1S/C15H18N2O3/c18-8-10(19)7-16-9-4-5-11-12-2-1-3-14(20)15(12)17-13(11)6-9/h4-6,10,16-19H,1-3,7-8H2. The molecule has 0 aliphatic heterocycles. The van der Waals surface area contributed by atoms with Crippen LogP contribution in [0.3, 0.4) is 0 Å². The molecule has 5 heteroatoms. The van der Waals surface area contributed by atoms with E-state index in [1.165, 1.54) is 0 Å². The largest absolute Gasteiger partial charge is 0.394 e. The highest BCUT2D eigenvalue weighted by atomic mass is 16.3. The molecule has 1 aromatic heterocycles. The number of benzene rings is 1. The van der Waals surface area contributed by atoms with Gasteiger partial charge in [0, 0.05) is 29.6 Å². The number of rotatable bonds is 4. The molecule has 0 radical (unpaired) electrons. The monoisotopic (exact) mass is 274 g/mol. The van der Waals surface area contributed by atoms with Crippen LogP contribution in [0.15, 0.2) is 18.2 Å². The van der Waals surface area contributed by atoms with Crippen LogP contribution in [-0.4, -0.2) is 40.2 Å². The van der Waals surface area contributed by atoms with Crippen LogP contribution in [0, 0.1) is 0 Å². The number of anilines is 1. The number of carbonyl (C=O) groups excluding carboxylic acids is 1. The first-order chi connectivity index (χ1) is 9.69. The molecule has 1 unspecified atom stereocenters. The summed E-state index contributed by atoms with van der Waals surface area (Å²) in [6, 6.07) is 5.86. The maximum absolute atomic E-state index is 11.9. The first-order valence-corrected chi connectivity index (χ1v) is 6.89. The van der Waals surface area contributed by atoms with E-state index in [1.807, 2.05) is 18.2 Å². The van der Waals surface area contributed by atoms with Crippen LogP contribution < -0.4 is 5.32 Å². The molecule has 5 nitrogen and oxygen atoms in total. The van der Waals surface area contributed by atoms with Crippen LogP contribution in [0.5, 0.6) is 0 Å². The number of aromatic amines is 1. The molecule has 2 aromatic rings. The third-order valence-electron chi connectivity index (χ3n) is 3.77. The van der Waals surface area contributed by atoms with Crippen LogP contribution in [-0.2, 0) is 6.42 Å². The molecule has 0 spiro atoms. The van der Waals surface area contributed by atoms with Crippen molar-refractivity contribution in [3.05, 3.63) is 29.5 Å². The number of aliphatic hydroxyl groups is 2. The molecule has 0 amide bonds. The topological polar surface area (TPSA) is 85.4 Å². The Morgan fingerprint density at radius 3 is 3.00 bits per heavy atom. The number of ketones is 1. The molecule has 0 fully saturated rings. The Hall–Kier alpha value is -1.85. The maximum atomic E-state index is 11.9. The van der Waals surface area contributed by atoms with E-state index < -0.39 is 6.10 Å². The SMILES string of the molecule is O=C1CCCc2c1[nH]c1cc(NCC(O)CO)ccc21. The van der Waals surface area contributed by atoms with Gasteiger partial charge in [0.2, 0.25) is 0 Å². The van der Waals surface area contributed by atoms with Crippen molar-refractivity contribution in [2.45, 2.75) is 25.4 Å². The van der Waals surface area contributed by atoms with Crippen LogP contribution in [0.4, 0.5) is 5.69 Å². The third kappa shape index (κ3) is 2.30. The van der Waals surface area contributed by atoms with Gasteiger partial charge in [-0.25, -0.2) is 0 Å². The van der Waals surface area contributed by atoms with Crippen molar-refractivity contribution in [1.29, 1.82) is 0 Å². The number of nitrogens with one attached hydrogen (secondary N) is 2. The number of carbonyl (C=O) groups is 1. The summed E-state index contributed by atoms with van der Waals surface area (Å²) < 4.78 is 0. The summed E-state index contributed by atoms with van der Waals surface area (Å²) >= 11 is 0. The van der Waals surface area contributed by atoms with Gasteiger partial charge >= 0.3 is 0 Å². The molecule has 1 aromatic carbocycles. The highest BCUT2D eigenvalue weighted by Crippen LogP contribution is 2.30. The van der Waals surface area contributed by atoms with Crippen LogP contribution in [0.1, 0.15) is 28.9 Å². The fourth-order valence-electron chi connectivity index (χ4n) is 2.71. The van der Waals surface area contributed by atoms with E-state index in [1.54, 1.807) is 0 Å². The summed E-state index contributed by atoms with van der Waals surface area (Å²) in [6.07, 6.45) is 1.70. The second-order valence-electron chi connectivity index (χ2n) is 5.23. The Labute approximate surface area is 116 Å². The van der Waals surface area contributed by atoms with Crippen LogP contribution >= 0.6 is 0 Å². The molecule has 0 saturated carbocycles. The first-order valence-electron chi connectivity index (χ1n) is 6.89. The minimum absolute atomic E-state index is 0.188. The number of aliphatic hydroxyl groups excluding tert-OH is 2. The molecule has 0 saturated heterocycles. The molecule has 1 heterocycles. The van der Waals surface area contributed by atoms with Gasteiger partial charge in [0.05, 0.1) is 18.4 Å². The molecule has 1 aliphatic rings.